The Balaban J connectivity index is 3.04. The lowest BCUT2D eigenvalue weighted by Gasteiger charge is -2.17. The quantitative estimate of drug-likeness (QED) is 0.800. The molecule has 78 valence electrons. The summed E-state index contributed by atoms with van der Waals surface area (Å²) in [5, 5.41) is 9.57. The summed E-state index contributed by atoms with van der Waals surface area (Å²) in [5.74, 6) is 0.814. The molecule has 0 amide bonds. The Morgan fingerprint density at radius 1 is 1.29 bits per heavy atom. The zero-order valence-electron chi connectivity index (χ0n) is 9.28. The number of aliphatic hydroxyl groups excluding tert-OH is 1. The maximum absolute atomic E-state index is 9.57. The number of aromatic nitrogens is 2. The molecule has 1 N–H and O–H groups in total. The van der Waals surface area contributed by atoms with Crippen molar-refractivity contribution >= 4 is 0 Å². The van der Waals surface area contributed by atoms with Crippen LogP contribution in [0.1, 0.15) is 43.4 Å². The molecule has 0 aliphatic heterocycles. The zero-order valence-corrected chi connectivity index (χ0v) is 9.28. The van der Waals surface area contributed by atoms with Crippen molar-refractivity contribution in [2.75, 3.05) is 0 Å². The molecule has 1 aromatic rings. The van der Waals surface area contributed by atoms with Gasteiger partial charge in [-0.2, -0.15) is 0 Å². The molecule has 1 aromatic heterocycles. The monoisotopic (exact) mass is 194 g/mol. The first-order chi connectivity index (χ1) is 6.54. The van der Waals surface area contributed by atoms with Gasteiger partial charge in [-0.1, -0.05) is 6.92 Å². The van der Waals surface area contributed by atoms with Crippen LogP contribution in [0.3, 0.4) is 0 Å². The molecule has 3 heteroatoms. The summed E-state index contributed by atoms with van der Waals surface area (Å²) in [5.41, 5.74) is 1.93. The first kappa shape index (κ1) is 11.1. The van der Waals surface area contributed by atoms with E-state index in [1.54, 1.807) is 6.92 Å². The van der Waals surface area contributed by atoms with Gasteiger partial charge in [0.1, 0.15) is 5.82 Å². The molecule has 1 heterocycles. The van der Waals surface area contributed by atoms with E-state index in [9.17, 15) is 5.11 Å². The Hall–Kier alpha value is -0.960. The summed E-state index contributed by atoms with van der Waals surface area (Å²) in [6.07, 6.45) is 0.474. The maximum Gasteiger partial charge on any atom is 0.134 e. The molecule has 0 radical (unpaired) electrons. The van der Waals surface area contributed by atoms with Crippen LogP contribution in [-0.4, -0.2) is 21.2 Å². The van der Waals surface area contributed by atoms with Gasteiger partial charge in [0.2, 0.25) is 0 Å². The SMILES string of the molecule is CCC(c1nc(C)cc(C)n1)C(C)O. The minimum atomic E-state index is -0.388. The lowest BCUT2D eigenvalue weighted by Crippen LogP contribution is -2.17. The standard InChI is InChI=1S/C11H18N2O/c1-5-10(9(4)14)11-12-7(2)6-8(3)13-11/h6,9-10,14H,5H2,1-4H3. The zero-order chi connectivity index (χ0) is 10.7. The van der Waals surface area contributed by atoms with E-state index in [0.29, 0.717) is 0 Å². The molecule has 0 bridgehead atoms. The highest BCUT2D eigenvalue weighted by molar-refractivity contribution is 5.11. The molecule has 1 rings (SSSR count). The minimum absolute atomic E-state index is 0.0496. The van der Waals surface area contributed by atoms with Gasteiger partial charge in [0, 0.05) is 17.3 Å². The van der Waals surface area contributed by atoms with E-state index in [1.807, 2.05) is 26.8 Å². The van der Waals surface area contributed by atoms with Crippen molar-refractivity contribution in [3.63, 3.8) is 0 Å². The first-order valence-corrected chi connectivity index (χ1v) is 5.04. The van der Waals surface area contributed by atoms with Crippen molar-refractivity contribution in [1.29, 1.82) is 0 Å². The Bertz CT molecular complexity index is 290. The van der Waals surface area contributed by atoms with Crippen LogP contribution in [0.5, 0.6) is 0 Å². The molecule has 2 unspecified atom stereocenters. The summed E-state index contributed by atoms with van der Waals surface area (Å²) < 4.78 is 0. The van der Waals surface area contributed by atoms with Gasteiger partial charge in [-0.3, -0.25) is 0 Å². The second kappa shape index (κ2) is 4.51. The fraction of sp³-hybridized carbons (Fsp3) is 0.636. The summed E-state index contributed by atoms with van der Waals surface area (Å²) >= 11 is 0. The third-order valence-electron chi connectivity index (χ3n) is 2.35. The molecule has 0 spiro atoms. The number of nitrogens with zero attached hydrogens (tertiary/aromatic N) is 2. The van der Waals surface area contributed by atoms with Crippen molar-refractivity contribution in [2.45, 2.75) is 46.1 Å². The first-order valence-electron chi connectivity index (χ1n) is 5.04. The van der Waals surface area contributed by atoms with Gasteiger partial charge in [0.15, 0.2) is 0 Å². The molecule has 0 aromatic carbocycles. The van der Waals surface area contributed by atoms with Crippen LogP contribution in [0.25, 0.3) is 0 Å². The molecule has 2 atom stereocenters. The summed E-state index contributed by atoms with van der Waals surface area (Å²) in [7, 11) is 0. The number of hydrogen-bond acceptors (Lipinski definition) is 3. The normalized spacial score (nSPS) is 15.2. The van der Waals surface area contributed by atoms with Crippen LogP contribution >= 0.6 is 0 Å². The van der Waals surface area contributed by atoms with Crippen LogP contribution in [-0.2, 0) is 0 Å². The van der Waals surface area contributed by atoms with Crippen molar-refractivity contribution < 1.29 is 5.11 Å². The van der Waals surface area contributed by atoms with Crippen molar-refractivity contribution in [1.82, 2.24) is 9.97 Å². The molecule has 0 aliphatic rings. The second-order valence-electron chi connectivity index (χ2n) is 3.76. The smallest absolute Gasteiger partial charge is 0.134 e. The van der Waals surface area contributed by atoms with Gasteiger partial charge in [0.05, 0.1) is 6.10 Å². The van der Waals surface area contributed by atoms with Crippen LogP contribution in [0.2, 0.25) is 0 Å². The van der Waals surface area contributed by atoms with Crippen molar-refractivity contribution in [2.24, 2.45) is 0 Å². The lowest BCUT2D eigenvalue weighted by atomic mass is 9.99. The third-order valence-corrected chi connectivity index (χ3v) is 2.35. The van der Waals surface area contributed by atoms with E-state index in [-0.39, 0.29) is 12.0 Å². The van der Waals surface area contributed by atoms with Crippen molar-refractivity contribution in [3.05, 3.63) is 23.3 Å². The molecule has 0 aliphatic carbocycles. The summed E-state index contributed by atoms with van der Waals surface area (Å²) in [6, 6.07) is 1.94. The molecule has 14 heavy (non-hydrogen) atoms. The predicted molar refractivity (Wildman–Crippen MR) is 56.2 cm³/mol. The van der Waals surface area contributed by atoms with E-state index >= 15 is 0 Å². The number of aliphatic hydroxyl groups is 1. The van der Waals surface area contributed by atoms with E-state index in [0.717, 1.165) is 23.6 Å². The largest absolute Gasteiger partial charge is 0.393 e. The van der Waals surface area contributed by atoms with Crippen molar-refractivity contribution in [3.8, 4) is 0 Å². The average Bonchev–Trinajstić information content (AvgIpc) is 2.02. The summed E-state index contributed by atoms with van der Waals surface area (Å²) in [4.78, 5) is 8.71. The number of rotatable bonds is 3. The van der Waals surface area contributed by atoms with E-state index in [1.165, 1.54) is 0 Å². The van der Waals surface area contributed by atoms with Crippen LogP contribution in [0.4, 0.5) is 0 Å². The topological polar surface area (TPSA) is 46.0 Å². The van der Waals surface area contributed by atoms with Gasteiger partial charge in [-0.15, -0.1) is 0 Å². The summed E-state index contributed by atoms with van der Waals surface area (Å²) in [6.45, 7) is 7.73. The van der Waals surface area contributed by atoms with Crippen LogP contribution in [0.15, 0.2) is 6.07 Å². The van der Waals surface area contributed by atoms with Crippen LogP contribution in [0, 0.1) is 13.8 Å². The molecule has 0 saturated heterocycles. The fourth-order valence-electron chi connectivity index (χ4n) is 1.66. The van der Waals surface area contributed by atoms with Gasteiger partial charge in [0.25, 0.3) is 0 Å². The highest BCUT2D eigenvalue weighted by Gasteiger charge is 2.18. The number of aryl methyl sites for hydroxylation is 2. The molecule has 0 fully saturated rings. The van der Waals surface area contributed by atoms with E-state index in [2.05, 4.69) is 9.97 Å². The second-order valence-corrected chi connectivity index (χ2v) is 3.76. The molecular weight excluding hydrogens is 176 g/mol. The van der Waals surface area contributed by atoms with Gasteiger partial charge in [-0.25, -0.2) is 9.97 Å². The fourth-order valence-corrected chi connectivity index (χ4v) is 1.66. The molecule has 3 nitrogen and oxygen atoms in total. The van der Waals surface area contributed by atoms with Gasteiger partial charge >= 0.3 is 0 Å². The minimum Gasteiger partial charge on any atom is -0.393 e. The average molecular weight is 194 g/mol. The highest BCUT2D eigenvalue weighted by atomic mass is 16.3. The van der Waals surface area contributed by atoms with Gasteiger partial charge in [-0.05, 0) is 33.3 Å². The lowest BCUT2D eigenvalue weighted by molar-refractivity contribution is 0.156. The Morgan fingerprint density at radius 3 is 2.14 bits per heavy atom. The Morgan fingerprint density at radius 2 is 1.79 bits per heavy atom. The highest BCUT2D eigenvalue weighted by Crippen LogP contribution is 2.20. The van der Waals surface area contributed by atoms with Crippen LogP contribution < -0.4 is 0 Å². The Labute approximate surface area is 85.2 Å². The Kier molecular flexibility index (Phi) is 3.58. The predicted octanol–water partition coefficient (Wildman–Crippen LogP) is 1.97. The number of hydrogen-bond donors (Lipinski definition) is 1. The molecular formula is C11H18N2O. The van der Waals surface area contributed by atoms with Gasteiger partial charge < -0.3 is 5.11 Å². The van der Waals surface area contributed by atoms with E-state index in [4.69, 9.17) is 0 Å². The van der Waals surface area contributed by atoms with E-state index < -0.39 is 0 Å². The maximum atomic E-state index is 9.57. The third kappa shape index (κ3) is 2.51. The molecule has 0 saturated carbocycles.